The van der Waals surface area contributed by atoms with Crippen LogP contribution in [0.1, 0.15) is 36.5 Å². The zero-order valence-corrected chi connectivity index (χ0v) is 25.0. The lowest BCUT2D eigenvalue weighted by atomic mass is 9.92. The number of rotatable bonds is 10. The van der Waals surface area contributed by atoms with E-state index in [1.165, 1.54) is 17.9 Å². The summed E-state index contributed by atoms with van der Waals surface area (Å²) in [6, 6.07) is 6.00. The van der Waals surface area contributed by atoms with Crippen molar-refractivity contribution in [2.75, 3.05) is 53.0 Å². The van der Waals surface area contributed by atoms with Gasteiger partial charge in [-0.3, -0.25) is 9.59 Å². The van der Waals surface area contributed by atoms with Crippen LogP contribution in [0.3, 0.4) is 0 Å². The highest BCUT2D eigenvalue weighted by atomic mass is 19.1. The van der Waals surface area contributed by atoms with Gasteiger partial charge in [-0.2, -0.15) is 0 Å². The van der Waals surface area contributed by atoms with Crippen molar-refractivity contribution < 1.29 is 43.3 Å². The van der Waals surface area contributed by atoms with E-state index in [1.807, 2.05) is 18.7 Å². The summed E-state index contributed by atoms with van der Waals surface area (Å²) < 4.78 is 26.6. The molecule has 4 rings (SSSR count). The first-order valence-electron chi connectivity index (χ1n) is 14.2. The molecule has 14 nitrogen and oxygen atoms in total. The van der Waals surface area contributed by atoms with Crippen LogP contribution < -0.4 is 5.32 Å². The van der Waals surface area contributed by atoms with Gasteiger partial charge in [0.25, 0.3) is 5.91 Å². The predicted molar refractivity (Wildman–Crippen MR) is 154 cm³/mol. The lowest BCUT2D eigenvalue weighted by Gasteiger charge is -2.40. The van der Waals surface area contributed by atoms with E-state index in [2.05, 4.69) is 15.6 Å². The fourth-order valence-corrected chi connectivity index (χ4v) is 5.01. The Balaban J connectivity index is 0.000000583. The Morgan fingerprint density at radius 1 is 1.14 bits per heavy atom. The maximum atomic E-state index is 14.5. The van der Waals surface area contributed by atoms with E-state index >= 15 is 0 Å². The van der Waals surface area contributed by atoms with Gasteiger partial charge in [-0.15, -0.1) is 5.10 Å². The fourth-order valence-electron chi connectivity index (χ4n) is 5.01. The minimum Gasteiger partial charge on any atom is -0.478 e. The van der Waals surface area contributed by atoms with Crippen molar-refractivity contribution in [2.45, 2.75) is 32.9 Å². The number of ether oxygens (including phenoxy) is 2. The van der Waals surface area contributed by atoms with Crippen molar-refractivity contribution in [3.63, 3.8) is 0 Å². The Bertz CT molecular complexity index is 1310. The first-order chi connectivity index (χ1) is 21.0. The van der Waals surface area contributed by atoms with Crippen LogP contribution in [0.15, 0.2) is 36.4 Å². The maximum Gasteiger partial charge on any atom is 0.328 e. The number of methoxy groups -OCH3 is 1. The quantitative estimate of drug-likeness (QED) is 0.326. The van der Waals surface area contributed by atoms with Gasteiger partial charge < -0.3 is 34.8 Å². The van der Waals surface area contributed by atoms with Crippen LogP contribution in [0.2, 0.25) is 0 Å². The molecule has 2 saturated heterocycles. The largest absolute Gasteiger partial charge is 0.478 e. The van der Waals surface area contributed by atoms with Gasteiger partial charge in [0.05, 0.1) is 25.7 Å². The number of halogens is 1. The number of aliphatic carboxylic acids is 2. The zero-order valence-electron chi connectivity index (χ0n) is 25.0. The third kappa shape index (κ3) is 9.39. The van der Waals surface area contributed by atoms with Crippen LogP contribution in [0, 0.1) is 17.7 Å². The van der Waals surface area contributed by atoms with Crippen molar-refractivity contribution in [3.8, 4) is 5.69 Å². The van der Waals surface area contributed by atoms with Gasteiger partial charge in [0.1, 0.15) is 17.2 Å². The predicted octanol–water partition coefficient (Wildman–Crippen LogP) is 1.20. The number of benzene rings is 1. The van der Waals surface area contributed by atoms with Gasteiger partial charge in [0.15, 0.2) is 5.69 Å². The number of aromatic nitrogens is 3. The Morgan fingerprint density at radius 3 is 2.39 bits per heavy atom. The van der Waals surface area contributed by atoms with E-state index in [-0.39, 0.29) is 47.7 Å². The van der Waals surface area contributed by atoms with E-state index in [0.717, 1.165) is 0 Å². The molecule has 0 radical (unpaired) electrons. The molecule has 2 atom stereocenters. The van der Waals surface area contributed by atoms with E-state index in [1.54, 1.807) is 23.1 Å². The third-order valence-electron chi connectivity index (χ3n) is 6.96. The summed E-state index contributed by atoms with van der Waals surface area (Å²) in [6.07, 6.45) is 1.67. The second kappa shape index (κ2) is 16.6. The van der Waals surface area contributed by atoms with Gasteiger partial charge in [0.2, 0.25) is 5.91 Å². The Hall–Kier alpha value is -4.21. The van der Waals surface area contributed by atoms with Gasteiger partial charge >= 0.3 is 11.9 Å². The molecule has 0 unspecified atom stereocenters. The standard InChI is InChI=1S/C25H35FN6O4.C4H4O4/c1-17(2)15-31(19-12-18(13-27-14-19)24(33)30-8-10-36-11-9-30)25(34)23-22(16-35-3)32(29-28-23)21-7-5-4-6-20(21)26;5-3(6)1-2-4(7)8/h4-7,17-19,27H,8-16H2,1-3H3;1-2H,(H,5,6)(H,7,8)/t18-,19+;/m1./s1. The lowest BCUT2D eigenvalue weighted by molar-refractivity contribution is -0.140. The molecule has 2 aliphatic heterocycles. The Kier molecular flexibility index (Phi) is 12.9. The van der Waals surface area contributed by atoms with Gasteiger partial charge in [-0.05, 0) is 24.5 Å². The number of para-hydroxylation sites is 1. The minimum absolute atomic E-state index is 0.0407. The number of nitrogens with one attached hydrogen (secondary N) is 1. The number of piperidine rings is 1. The lowest BCUT2D eigenvalue weighted by Crippen LogP contribution is -2.56. The van der Waals surface area contributed by atoms with Crippen LogP contribution in [0.4, 0.5) is 4.39 Å². The number of carbonyl (C=O) groups excluding carboxylic acids is 2. The fraction of sp³-hybridized carbons (Fsp3) is 0.517. The zero-order chi connectivity index (χ0) is 32.2. The molecule has 2 aromatic rings. The molecule has 0 aliphatic carbocycles. The number of carboxylic acids is 2. The monoisotopic (exact) mass is 618 g/mol. The maximum absolute atomic E-state index is 14.5. The van der Waals surface area contributed by atoms with E-state index in [4.69, 9.17) is 19.7 Å². The molecule has 3 heterocycles. The molecule has 0 bridgehead atoms. The average molecular weight is 619 g/mol. The third-order valence-corrected chi connectivity index (χ3v) is 6.96. The summed E-state index contributed by atoms with van der Waals surface area (Å²) in [4.78, 5) is 49.8. The van der Waals surface area contributed by atoms with E-state index in [0.29, 0.717) is 70.2 Å². The highest BCUT2D eigenvalue weighted by Crippen LogP contribution is 2.24. The first kappa shape index (κ1) is 34.3. The molecule has 0 saturated carbocycles. The molecular formula is C29H39FN6O8. The van der Waals surface area contributed by atoms with E-state index in [9.17, 15) is 23.6 Å². The van der Waals surface area contributed by atoms with Crippen molar-refractivity contribution in [1.82, 2.24) is 30.1 Å². The smallest absolute Gasteiger partial charge is 0.328 e. The van der Waals surface area contributed by atoms with Crippen molar-refractivity contribution in [3.05, 3.63) is 53.6 Å². The highest BCUT2D eigenvalue weighted by Gasteiger charge is 2.37. The average Bonchev–Trinajstić information content (AvgIpc) is 3.42. The molecule has 3 N–H and O–H groups in total. The SMILES string of the molecule is COCc1c(C(=O)N(CC(C)C)[C@@H]2CNC[C@H](C(=O)N3CCOCC3)C2)nnn1-c1ccccc1F.O=C(O)C=CC(=O)O. The van der Waals surface area contributed by atoms with Crippen LogP contribution >= 0.6 is 0 Å². The van der Waals surface area contributed by atoms with Gasteiger partial charge in [-0.1, -0.05) is 31.2 Å². The minimum atomic E-state index is -1.26. The van der Waals surface area contributed by atoms with Crippen LogP contribution in [-0.2, 0) is 30.5 Å². The molecule has 2 amide bonds. The molecule has 1 aromatic heterocycles. The van der Waals surface area contributed by atoms with E-state index < -0.39 is 17.8 Å². The molecule has 2 aliphatic rings. The summed E-state index contributed by atoms with van der Waals surface area (Å²) in [7, 11) is 1.51. The molecule has 15 heteroatoms. The summed E-state index contributed by atoms with van der Waals surface area (Å²) in [5.74, 6) is -3.23. The number of carbonyl (C=O) groups is 4. The summed E-state index contributed by atoms with van der Waals surface area (Å²) >= 11 is 0. The van der Waals surface area contributed by atoms with Gasteiger partial charge in [0, 0.05) is 58.0 Å². The number of nitrogens with zero attached hydrogens (tertiary/aromatic N) is 5. The second-order valence-corrected chi connectivity index (χ2v) is 10.7. The summed E-state index contributed by atoms with van der Waals surface area (Å²) in [5, 5.41) is 27.3. The summed E-state index contributed by atoms with van der Waals surface area (Å²) in [5.41, 5.74) is 0.704. The Morgan fingerprint density at radius 2 is 1.80 bits per heavy atom. The highest BCUT2D eigenvalue weighted by molar-refractivity contribution is 5.94. The number of morpholine rings is 1. The molecule has 1 aromatic carbocycles. The molecular weight excluding hydrogens is 579 g/mol. The number of amides is 2. The van der Waals surface area contributed by atoms with Crippen molar-refractivity contribution in [2.24, 2.45) is 11.8 Å². The topological polar surface area (TPSA) is 176 Å². The first-order valence-corrected chi connectivity index (χ1v) is 14.2. The second-order valence-electron chi connectivity index (χ2n) is 10.7. The number of carboxylic acid groups (broad SMARTS) is 2. The Labute approximate surface area is 254 Å². The normalized spacial score (nSPS) is 18.5. The van der Waals surface area contributed by atoms with Crippen LogP contribution in [0.25, 0.3) is 5.69 Å². The molecule has 2 fully saturated rings. The molecule has 240 valence electrons. The summed E-state index contributed by atoms with van der Waals surface area (Å²) in [6.45, 7) is 8.05. The van der Waals surface area contributed by atoms with Crippen molar-refractivity contribution >= 4 is 23.8 Å². The molecule has 0 spiro atoms. The van der Waals surface area contributed by atoms with Gasteiger partial charge in [-0.25, -0.2) is 18.7 Å². The van der Waals surface area contributed by atoms with Crippen LogP contribution in [0.5, 0.6) is 0 Å². The van der Waals surface area contributed by atoms with Crippen LogP contribution in [-0.4, -0.2) is 118 Å². The number of hydrogen-bond acceptors (Lipinski definition) is 9. The number of hydrogen-bond donors (Lipinski definition) is 3. The molecule has 44 heavy (non-hydrogen) atoms. The van der Waals surface area contributed by atoms with Crippen molar-refractivity contribution in [1.29, 1.82) is 0 Å².